The number of ether oxygens (including phenoxy) is 2. The van der Waals surface area contributed by atoms with Crippen LogP contribution in [0.2, 0.25) is 0 Å². The second-order valence-electron chi connectivity index (χ2n) is 5.53. The molecule has 0 saturated carbocycles. The van der Waals surface area contributed by atoms with E-state index >= 15 is 0 Å². The Morgan fingerprint density at radius 3 is 2.20 bits per heavy atom. The van der Waals surface area contributed by atoms with E-state index in [1.165, 1.54) is 18.2 Å². The van der Waals surface area contributed by atoms with Gasteiger partial charge in [0.1, 0.15) is 13.2 Å². The van der Waals surface area contributed by atoms with Crippen LogP contribution in [0.25, 0.3) is 0 Å². The third kappa shape index (κ3) is 5.73. The zero-order valence-electron chi connectivity index (χ0n) is 14.3. The average molecular weight is 394 g/mol. The van der Waals surface area contributed by atoms with E-state index in [1.807, 2.05) is 6.92 Å². The van der Waals surface area contributed by atoms with Crippen LogP contribution in [-0.2, 0) is 24.4 Å². The monoisotopic (exact) mass is 394 g/mol. The van der Waals surface area contributed by atoms with Crippen LogP contribution in [0.3, 0.4) is 0 Å². The Morgan fingerprint density at radius 2 is 1.68 bits per heavy atom. The van der Waals surface area contributed by atoms with Gasteiger partial charge < -0.3 is 9.47 Å². The number of nitrogens with zero attached hydrogens (tertiary/aromatic N) is 2. The smallest absolute Gasteiger partial charge is 0.286 e. The van der Waals surface area contributed by atoms with Crippen molar-refractivity contribution in [3.05, 3.63) is 18.2 Å². The summed E-state index contributed by atoms with van der Waals surface area (Å²) in [6.07, 6.45) is 1.61. The molecule has 0 atom stereocenters. The highest BCUT2D eigenvalue weighted by Crippen LogP contribution is 2.33. The van der Waals surface area contributed by atoms with E-state index in [0.717, 1.165) is 25.6 Å². The first-order valence-electron chi connectivity index (χ1n) is 7.62. The molecule has 0 unspecified atom stereocenters. The highest BCUT2D eigenvalue weighted by Gasteiger charge is 2.25. The lowest BCUT2D eigenvalue weighted by Gasteiger charge is -2.21. The summed E-state index contributed by atoms with van der Waals surface area (Å²) < 4.78 is 62.8. The molecule has 1 aliphatic rings. The maximum absolute atomic E-state index is 11.9. The third-order valence-electron chi connectivity index (χ3n) is 3.42. The van der Waals surface area contributed by atoms with Crippen molar-refractivity contribution in [3.63, 3.8) is 0 Å². The SMILES string of the molecule is CCN1CCOc2ccc(N(OS(C)(=O)=O)S(C)(=O)=O)cc2OCC1. The molecular formula is C14H22N2O7S2. The molecule has 0 spiro atoms. The molecule has 11 heteroatoms. The largest absolute Gasteiger partial charge is 0.488 e. The fourth-order valence-corrected chi connectivity index (χ4v) is 3.85. The van der Waals surface area contributed by atoms with E-state index < -0.39 is 20.1 Å². The van der Waals surface area contributed by atoms with Crippen molar-refractivity contribution in [2.24, 2.45) is 0 Å². The minimum absolute atomic E-state index is 0.00173. The summed E-state index contributed by atoms with van der Waals surface area (Å²) in [5.74, 6) is 0.774. The maximum atomic E-state index is 11.9. The highest BCUT2D eigenvalue weighted by atomic mass is 32.2. The summed E-state index contributed by atoms with van der Waals surface area (Å²) in [6.45, 7) is 5.18. The normalized spacial score (nSPS) is 16.6. The van der Waals surface area contributed by atoms with Gasteiger partial charge in [-0.1, -0.05) is 6.92 Å². The lowest BCUT2D eigenvalue weighted by molar-refractivity contribution is 0.204. The van der Waals surface area contributed by atoms with Crippen LogP contribution >= 0.6 is 0 Å². The van der Waals surface area contributed by atoms with Gasteiger partial charge in [-0.05, 0) is 18.7 Å². The molecule has 0 N–H and O–H groups in total. The zero-order chi connectivity index (χ0) is 18.7. The van der Waals surface area contributed by atoms with Crippen molar-refractivity contribution in [2.75, 3.05) is 49.8 Å². The standard InChI is InChI=1S/C14H22N2O7S2/c1-4-15-7-9-21-13-6-5-12(11-14(13)22-10-8-15)16(24(2,17)18)23-25(3,19)20/h5-6,11H,4,7-10H2,1-3H3. The van der Waals surface area contributed by atoms with Crippen LogP contribution in [0.1, 0.15) is 6.92 Å². The van der Waals surface area contributed by atoms with Crippen molar-refractivity contribution in [3.8, 4) is 11.5 Å². The number of sulfonamides is 1. The van der Waals surface area contributed by atoms with Crippen molar-refractivity contribution in [1.29, 1.82) is 0 Å². The molecule has 25 heavy (non-hydrogen) atoms. The number of hydrogen-bond donors (Lipinski definition) is 0. The molecule has 0 fully saturated rings. The minimum Gasteiger partial charge on any atom is -0.488 e. The van der Waals surface area contributed by atoms with Crippen LogP contribution in [0.15, 0.2) is 18.2 Å². The van der Waals surface area contributed by atoms with Crippen LogP contribution in [0, 0.1) is 0 Å². The number of benzene rings is 1. The number of likely N-dealkylation sites (N-methyl/N-ethyl adjacent to an activating group) is 1. The van der Waals surface area contributed by atoms with Crippen LogP contribution in [-0.4, -0.2) is 67.1 Å². The Labute approximate surface area is 148 Å². The second-order valence-corrected chi connectivity index (χ2v) is 8.89. The number of fused-ring (bicyclic) bond motifs is 1. The summed E-state index contributed by atoms with van der Waals surface area (Å²) in [6, 6.07) is 4.29. The molecule has 9 nitrogen and oxygen atoms in total. The topological polar surface area (TPSA) is 102 Å². The highest BCUT2D eigenvalue weighted by molar-refractivity contribution is 7.93. The molecule has 142 valence electrons. The molecule has 1 aromatic rings. The molecule has 0 saturated heterocycles. The third-order valence-corrected chi connectivity index (χ3v) is 4.82. The first-order chi connectivity index (χ1) is 11.6. The van der Waals surface area contributed by atoms with Crippen molar-refractivity contribution >= 4 is 25.8 Å². The fourth-order valence-electron chi connectivity index (χ4n) is 2.25. The summed E-state index contributed by atoms with van der Waals surface area (Å²) in [7, 11) is -8.02. The Morgan fingerprint density at radius 1 is 1.08 bits per heavy atom. The van der Waals surface area contributed by atoms with Crippen molar-refractivity contribution in [1.82, 2.24) is 4.90 Å². The zero-order valence-corrected chi connectivity index (χ0v) is 16.0. The van der Waals surface area contributed by atoms with Gasteiger partial charge in [-0.3, -0.25) is 4.90 Å². The predicted octanol–water partition coefficient (Wildman–Crippen LogP) is 0.437. The van der Waals surface area contributed by atoms with Gasteiger partial charge in [0.15, 0.2) is 11.5 Å². The quantitative estimate of drug-likeness (QED) is 0.663. The van der Waals surface area contributed by atoms with Crippen LogP contribution in [0.4, 0.5) is 5.69 Å². The molecule has 0 aliphatic carbocycles. The molecule has 0 aromatic heterocycles. The van der Waals surface area contributed by atoms with Gasteiger partial charge in [0.2, 0.25) is 0 Å². The number of hydrogen-bond acceptors (Lipinski definition) is 8. The Bertz CT molecular complexity index is 808. The first kappa shape index (κ1) is 19.8. The molecule has 0 amide bonds. The average Bonchev–Trinajstić information content (AvgIpc) is 2.59. The number of rotatable bonds is 5. The summed E-state index contributed by atoms with van der Waals surface area (Å²) in [5, 5.41) is 0. The Balaban J connectivity index is 2.35. The fraction of sp³-hybridized carbons (Fsp3) is 0.571. The van der Waals surface area contributed by atoms with Gasteiger partial charge >= 0.3 is 0 Å². The molecule has 1 aromatic carbocycles. The van der Waals surface area contributed by atoms with Gasteiger partial charge in [0, 0.05) is 19.2 Å². The van der Waals surface area contributed by atoms with Gasteiger partial charge in [0.25, 0.3) is 20.1 Å². The van der Waals surface area contributed by atoms with E-state index in [1.54, 1.807) is 0 Å². The van der Waals surface area contributed by atoms with Gasteiger partial charge in [-0.25, -0.2) is 8.42 Å². The van der Waals surface area contributed by atoms with Crippen molar-refractivity contribution in [2.45, 2.75) is 6.92 Å². The van der Waals surface area contributed by atoms with Gasteiger partial charge in [-0.2, -0.15) is 8.42 Å². The molecule has 0 bridgehead atoms. The van der Waals surface area contributed by atoms with Crippen LogP contribution in [0.5, 0.6) is 11.5 Å². The lowest BCUT2D eigenvalue weighted by atomic mass is 10.3. The summed E-state index contributed by atoms with van der Waals surface area (Å²) in [5.41, 5.74) is 0.00173. The predicted molar refractivity (Wildman–Crippen MR) is 92.8 cm³/mol. The summed E-state index contributed by atoms with van der Waals surface area (Å²) >= 11 is 0. The molecule has 1 heterocycles. The molecule has 0 radical (unpaired) electrons. The molecule has 1 aliphatic heterocycles. The van der Waals surface area contributed by atoms with Gasteiger partial charge in [0.05, 0.1) is 18.2 Å². The minimum atomic E-state index is -4.04. The van der Waals surface area contributed by atoms with E-state index in [9.17, 15) is 16.8 Å². The number of anilines is 1. The molecule has 2 rings (SSSR count). The molecular weight excluding hydrogens is 372 g/mol. The van der Waals surface area contributed by atoms with Crippen molar-refractivity contribution < 1.29 is 30.6 Å². The van der Waals surface area contributed by atoms with E-state index in [4.69, 9.17) is 9.47 Å². The van der Waals surface area contributed by atoms with E-state index in [-0.39, 0.29) is 5.69 Å². The Kier molecular flexibility index (Phi) is 6.14. The second kappa shape index (κ2) is 7.77. The van der Waals surface area contributed by atoms with E-state index in [2.05, 4.69) is 9.18 Å². The van der Waals surface area contributed by atoms with Gasteiger partial charge in [-0.15, -0.1) is 8.75 Å². The van der Waals surface area contributed by atoms with E-state index in [0.29, 0.717) is 35.7 Å². The van der Waals surface area contributed by atoms with Crippen LogP contribution < -0.4 is 13.9 Å². The first-order valence-corrected chi connectivity index (χ1v) is 11.3. The Hall–Kier alpha value is -1.56. The maximum Gasteiger partial charge on any atom is 0.286 e. The summed E-state index contributed by atoms with van der Waals surface area (Å²) in [4.78, 5) is 2.16. The lowest BCUT2D eigenvalue weighted by Crippen LogP contribution is -2.32.